The SMILES string of the molecule is Cc1cccc(-n2ccnc2)c1CN. The highest BCUT2D eigenvalue weighted by Gasteiger charge is 2.04. The van der Waals surface area contributed by atoms with Crippen molar-refractivity contribution in [2.45, 2.75) is 13.5 Å². The lowest BCUT2D eigenvalue weighted by molar-refractivity contribution is 0.970. The number of hydrogen-bond donors (Lipinski definition) is 1. The van der Waals surface area contributed by atoms with Crippen LogP contribution in [0.1, 0.15) is 11.1 Å². The molecule has 2 N–H and O–H groups in total. The molecule has 0 unspecified atom stereocenters. The van der Waals surface area contributed by atoms with Crippen LogP contribution in [-0.4, -0.2) is 9.55 Å². The summed E-state index contributed by atoms with van der Waals surface area (Å²) >= 11 is 0. The Morgan fingerprint density at radius 3 is 2.93 bits per heavy atom. The molecule has 0 saturated heterocycles. The second-order valence-electron chi connectivity index (χ2n) is 3.25. The fraction of sp³-hybridized carbons (Fsp3) is 0.182. The average Bonchev–Trinajstić information content (AvgIpc) is 2.70. The summed E-state index contributed by atoms with van der Waals surface area (Å²) in [6.07, 6.45) is 5.48. The summed E-state index contributed by atoms with van der Waals surface area (Å²) in [5.74, 6) is 0. The Morgan fingerprint density at radius 1 is 1.43 bits per heavy atom. The number of imidazole rings is 1. The van der Waals surface area contributed by atoms with Crippen LogP contribution in [0.15, 0.2) is 36.9 Å². The van der Waals surface area contributed by atoms with Crippen molar-refractivity contribution >= 4 is 0 Å². The van der Waals surface area contributed by atoms with E-state index >= 15 is 0 Å². The number of aryl methyl sites for hydroxylation is 1. The molecule has 1 aromatic heterocycles. The normalized spacial score (nSPS) is 10.4. The molecular formula is C11H13N3. The highest BCUT2D eigenvalue weighted by Crippen LogP contribution is 2.17. The lowest BCUT2D eigenvalue weighted by Crippen LogP contribution is -2.05. The van der Waals surface area contributed by atoms with E-state index in [9.17, 15) is 0 Å². The molecule has 2 rings (SSSR count). The van der Waals surface area contributed by atoms with Gasteiger partial charge in [0.2, 0.25) is 0 Å². The number of rotatable bonds is 2. The van der Waals surface area contributed by atoms with E-state index in [1.807, 2.05) is 16.8 Å². The van der Waals surface area contributed by atoms with Crippen molar-refractivity contribution in [2.24, 2.45) is 5.73 Å². The van der Waals surface area contributed by atoms with Crippen LogP contribution in [0.5, 0.6) is 0 Å². The standard InChI is InChI=1S/C11H13N3/c1-9-3-2-4-11(10(9)7-12)14-6-5-13-8-14/h2-6,8H,7,12H2,1H3. The molecule has 0 amide bonds. The van der Waals surface area contributed by atoms with Crippen molar-refractivity contribution in [3.8, 4) is 5.69 Å². The van der Waals surface area contributed by atoms with Crippen LogP contribution in [0.4, 0.5) is 0 Å². The zero-order valence-corrected chi connectivity index (χ0v) is 8.14. The molecule has 1 heterocycles. The van der Waals surface area contributed by atoms with Crippen LogP contribution in [0, 0.1) is 6.92 Å². The topological polar surface area (TPSA) is 43.8 Å². The molecule has 72 valence electrons. The molecule has 0 atom stereocenters. The Hall–Kier alpha value is -1.61. The monoisotopic (exact) mass is 187 g/mol. The maximum absolute atomic E-state index is 5.72. The smallest absolute Gasteiger partial charge is 0.0991 e. The van der Waals surface area contributed by atoms with E-state index in [4.69, 9.17) is 5.73 Å². The lowest BCUT2D eigenvalue weighted by Gasteiger charge is -2.10. The van der Waals surface area contributed by atoms with Gasteiger partial charge in [-0.25, -0.2) is 4.98 Å². The van der Waals surface area contributed by atoms with Gasteiger partial charge in [0.1, 0.15) is 0 Å². The Bertz CT molecular complexity index is 418. The molecular weight excluding hydrogens is 174 g/mol. The highest BCUT2D eigenvalue weighted by atomic mass is 15.0. The van der Waals surface area contributed by atoms with E-state index in [2.05, 4.69) is 24.0 Å². The second-order valence-corrected chi connectivity index (χ2v) is 3.25. The quantitative estimate of drug-likeness (QED) is 0.776. The number of hydrogen-bond acceptors (Lipinski definition) is 2. The van der Waals surface area contributed by atoms with Crippen molar-refractivity contribution < 1.29 is 0 Å². The summed E-state index contributed by atoms with van der Waals surface area (Å²) in [7, 11) is 0. The summed E-state index contributed by atoms with van der Waals surface area (Å²) in [5, 5.41) is 0. The zero-order valence-electron chi connectivity index (χ0n) is 8.14. The van der Waals surface area contributed by atoms with Crippen molar-refractivity contribution in [2.75, 3.05) is 0 Å². The number of aromatic nitrogens is 2. The van der Waals surface area contributed by atoms with Gasteiger partial charge in [-0.1, -0.05) is 12.1 Å². The molecule has 0 fully saturated rings. The van der Waals surface area contributed by atoms with Crippen LogP contribution in [0.2, 0.25) is 0 Å². The molecule has 3 heteroatoms. The van der Waals surface area contributed by atoms with Gasteiger partial charge in [-0.2, -0.15) is 0 Å². The predicted octanol–water partition coefficient (Wildman–Crippen LogP) is 1.64. The third-order valence-corrected chi connectivity index (χ3v) is 2.37. The fourth-order valence-corrected chi connectivity index (χ4v) is 1.60. The van der Waals surface area contributed by atoms with Gasteiger partial charge in [-0.3, -0.25) is 0 Å². The first-order valence-electron chi connectivity index (χ1n) is 4.60. The first-order valence-corrected chi connectivity index (χ1v) is 4.60. The molecule has 0 spiro atoms. The summed E-state index contributed by atoms with van der Waals surface area (Å²) in [4.78, 5) is 4.03. The van der Waals surface area contributed by atoms with Gasteiger partial charge in [0.25, 0.3) is 0 Å². The minimum atomic E-state index is 0.556. The van der Waals surface area contributed by atoms with Gasteiger partial charge in [0.15, 0.2) is 0 Å². The van der Waals surface area contributed by atoms with E-state index in [-0.39, 0.29) is 0 Å². The molecule has 0 bridgehead atoms. The Kier molecular flexibility index (Phi) is 2.33. The molecule has 0 aliphatic carbocycles. The van der Waals surface area contributed by atoms with Crippen LogP contribution < -0.4 is 5.73 Å². The highest BCUT2D eigenvalue weighted by molar-refractivity contribution is 5.45. The molecule has 0 aliphatic rings. The van der Waals surface area contributed by atoms with E-state index in [0.29, 0.717) is 6.54 Å². The first-order chi connectivity index (χ1) is 6.83. The molecule has 0 aliphatic heterocycles. The maximum Gasteiger partial charge on any atom is 0.0991 e. The summed E-state index contributed by atoms with van der Waals surface area (Å²) < 4.78 is 1.98. The fourth-order valence-electron chi connectivity index (χ4n) is 1.60. The van der Waals surface area contributed by atoms with Crippen molar-refractivity contribution in [3.05, 3.63) is 48.0 Å². The zero-order chi connectivity index (χ0) is 9.97. The van der Waals surface area contributed by atoms with Crippen molar-refractivity contribution in [3.63, 3.8) is 0 Å². The van der Waals surface area contributed by atoms with Crippen LogP contribution in [0.25, 0.3) is 5.69 Å². The molecule has 3 nitrogen and oxygen atoms in total. The van der Waals surface area contributed by atoms with E-state index < -0.39 is 0 Å². The number of benzene rings is 1. The summed E-state index contributed by atoms with van der Waals surface area (Å²) in [5.41, 5.74) is 9.23. The lowest BCUT2D eigenvalue weighted by atomic mass is 10.1. The Morgan fingerprint density at radius 2 is 2.29 bits per heavy atom. The second kappa shape index (κ2) is 3.64. The molecule has 2 aromatic rings. The van der Waals surface area contributed by atoms with Crippen LogP contribution in [-0.2, 0) is 6.54 Å². The summed E-state index contributed by atoms with van der Waals surface area (Å²) in [6.45, 7) is 2.63. The first kappa shape index (κ1) is 8.97. The maximum atomic E-state index is 5.72. The summed E-state index contributed by atoms with van der Waals surface area (Å²) in [6, 6.07) is 6.16. The van der Waals surface area contributed by atoms with Gasteiger partial charge in [-0.15, -0.1) is 0 Å². The van der Waals surface area contributed by atoms with E-state index in [0.717, 1.165) is 5.69 Å². The van der Waals surface area contributed by atoms with E-state index in [1.54, 1.807) is 12.5 Å². The van der Waals surface area contributed by atoms with E-state index in [1.165, 1.54) is 11.1 Å². The molecule has 0 radical (unpaired) electrons. The number of nitrogens with zero attached hydrogens (tertiary/aromatic N) is 2. The minimum Gasteiger partial charge on any atom is -0.326 e. The van der Waals surface area contributed by atoms with Crippen molar-refractivity contribution in [1.82, 2.24) is 9.55 Å². The molecule has 14 heavy (non-hydrogen) atoms. The van der Waals surface area contributed by atoms with Gasteiger partial charge in [0.05, 0.1) is 12.0 Å². The Balaban J connectivity index is 2.58. The van der Waals surface area contributed by atoms with Gasteiger partial charge >= 0.3 is 0 Å². The number of nitrogens with two attached hydrogens (primary N) is 1. The Labute approximate surface area is 83.2 Å². The van der Waals surface area contributed by atoms with Crippen LogP contribution >= 0.6 is 0 Å². The van der Waals surface area contributed by atoms with Crippen molar-refractivity contribution in [1.29, 1.82) is 0 Å². The minimum absolute atomic E-state index is 0.556. The third kappa shape index (κ3) is 1.42. The third-order valence-electron chi connectivity index (χ3n) is 2.37. The van der Waals surface area contributed by atoms with Gasteiger partial charge < -0.3 is 10.3 Å². The molecule has 1 aromatic carbocycles. The van der Waals surface area contributed by atoms with Gasteiger partial charge in [-0.05, 0) is 24.1 Å². The largest absolute Gasteiger partial charge is 0.326 e. The predicted molar refractivity (Wildman–Crippen MR) is 56.2 cm³/mol. The average molecular weight is 187 g/mol. The van der Waals surface area contributed by atoms with Gasteiger partial charge in [0, 0.05) is 18.9 Å². The van der Waals surface area contributed by atoms with Crippen LogP contribution in [0.3, 0.4) is 0 Å². The molecule has 0 saturated carbocycles.